The summed E-state index contributed by atoms with van der Waals surface area (Å²) in [5.74, 6) is 0.614. The van der Waals surface area contributed by atoms with Crippen LogP contribution in [0.5, 0.6) is 0 Å². The Hall–Kier alpha value is -2.28. The maximum absolute atomic E-state index is 13.8. The molecule has 1 aliphatic heterocycles. The summed E-state index contributed by atoms with van der Waals surface area (Å²) in [6.07, 6.45) is 6.64. The predicted molar refractivity (Wildman–Crippen MR) is 123 cm³/mol. The maximum atomic E-state index is 13.8. The molecule has 3 aromatic rings. The third-order valence-corrected chi connectivity index (χ3v) is 7.08. The van der Waals surface area contributed by atoms with Crippen LogP contribution >= 0.6 is 11.6 Å². The molecular weight excluding hydrogens is 427 g/mol. The van der Waals surface area contributed by atoms with Crippen LogP contribution in [0.15, 0.2) is 52.9 Å². The van der Waals surface area contributed by atoms with Crippen molar-refractivity contribution in [1.82, 2.24) is 20.0 Å². The van der Waals surface area contributed by atoms with Gasteiger partial charge in [-0.15, -0.1) is 10.2 Å². The van der Waals surface area contributed by atoms with Crippen molar-refractivity contribution in [3.63, 3.8) is 0 Å². The van der Waals surface area contributed by atoms with Gasteiger partial charge in [-0.3, -0.25) is 9.80 Å². The number of halogens is 2. The number of benzene rings is 2. The lowest BCUT2D eigenvalue weighted by molar-refractivity contribution is 0.0591. The Morgan fingerprint density at radius 3 is 2.41 bits per heavy atom. The molecule has 2 fully saturated rings. The largest absolute Gasteiger partial charge is 0.419 e. The Morgan fingerprint density at radius 1 is 0.938 bits per heavy atom. The van der Waals surface area contributed by atoms with Gasteiger partial charge in [0.2, 0.25) is 11.8 Å². The van der Waals surface area contributed by atoms with E-state index < -0.39 is 0 Å². The highest BCUT2D eigenvalue weighted by Gasteiger charge is 2.34. The summed E-state index contributed by atoms with van der Waals surface area (Å²) in [5.41, 5.74) is 1.67. The number of piperazine rings is 1. The minimum absolute atomic E-state index is 0.304. The molecule has 5 nitrogen and oxygen atoms in total. The van der Waals surface area contributed by atoms with E-state index in [1.54, 1.807) is 6.07 Å². The van der Waals surface area contributed by atoms with Crippen molar-refractivity contribution in [1.29, 1.82) is 0 Å². The topological polar surface area (TPSA) is 45.4 Å². The molecule has 7 heteroatoms. The lowest BCUT2D eigenvalue weighted by atomic mass is 9.93. The van der Waals surface area contributed by atoms with E-state index in [2.05, 4.69) is 20.0 Å². The molecule has 0 unspecified atom stereocenters. The highest BCUT2D eigenvalue weighted by Crippen LogP contribution is 2.35. The summed E-state index contributed by atoms with van der Waals surface area (Å²) in [6.45, 7) is 3.75. The molecule has 0 bridgehead atoms. The smallest absolute Gasteiger partial charge is 0.247 e. The molecule has 0 amide bonds. The van der Waals surface area contributed by atoms with Crippen LogP contribution in [0.1, 0.15) is 49.6 Å². The van der Waals surface area contributed by atoms with Gasteiger partial charge in [-0.25, -0.2) is 4.39 Å². The summed E-state index contributed by atoms with van der Waals surface area (Å²) in [5, 5.41) is 9.06. The number of rotatable bonds is 5. The molecule has 1 atom stereocenters. The normalized spacial score (nSPS) is 19.8. The third kappa shape index (κ3) is 4.58. The summed E-state index contributed by atoms with van der Waals surface area (Å²) in [6, 6.07) is 14.7. The minimum Gasteiger partial charge on any atom is -0.419 e. The van der Waals surface area contributed by atoms with Crippen LogP contribution < -0.4 is 0 Å². The van der Waals surface area contributed by atoms with Gasteiger partial charge in [-0.05, 0) is 42.7 Å². The van der Waals surface area contributed by atoms with Gasteiger partial charge in [0, 0.05) is 42.8 Å². The van der Waals surface area contributed by atoms with Crippen LogP contribution in [-0.2, 0) is 0 Å². The van der Waals surface area contributed by atoms with Gasteiger partial charge in [-0.1, -0.05) is 55.1 Å². The second-order valence-corrected chi connectivity index (χ2v) is 9.15. The van der Waals surface area contributed by atoms with E-state index in [-0.39, 0.29) is 11.9 Å². The van der Waals surface area contributed by atoms with E-state index >= 15 is 0 Å². The first-order valence-corrected chi connectivity index (χ1v) is 11.9. The molecular formula is C25H28ClFN4O. The van der Waals surface area contributed by atoms with Crippen molar-refractivity contribution >= 4 is 11.6 Å². The first-order chi connectivity index (χ1) is 15.7. The fourth-order valence-electron chi connectivity index (χ4n) is 5.06. The molecule has 1 saturated carbocycles. The van der Waals surface area contributed by atoms with Gasteiger partial charge in [0.1, 0.15) is 11.9 Å². The molecule has 5 rings (SSSR count). The molecule has 1 aliphatic carbocycles. The molecule has 1 saturated heterocycles. The number of aromatic nitrogens is 2. The van der Waals surface area contributed by atoms with E-state index in [1.165, 1.54) is 44.2 Å². The van der Waals surface area contributed by atoms with Crippen molar-refractivity contribution < 1.29 is 8.81 Å². The second kappa shape index (κ2) is 9.69. The van der Waals surface area contributed by atoms with Crippen LogP contribution in [-0.4, -0.2) is 52.2 Å². The fraction of sp³-hybridized carbons (Fsp3) is 0.440. The molecule has 168 valence electrons. The summed E-state index contributed by atoms with van der Waals surface area (Å²) in [4.78, 5) is 4.96. The molecule has 2 aliphatic rings. The molecule has 2 heterocycles. The number of hydrogen-bond acceptors (Lipinski definition) is 5. The van der Waals surface area contributed by atoms with E-state index in [4.69, 9.17) is 16.0 Å². The van der Waals surface area contributed by atoms with E-state index in [0.29, 0.717) is 22.8 Å². The monoisotopic (exact) mass is 454 g/mol. The Balaban J connectivity index is 1.42. The van der Waals surface area contributed by atoms with E-state index in [0.717, 1.165) is 37.3 Å². The predicted octanol–water partition coefficient (Wildman–Crippen LogP) is 5.57. The van der Waals surface area contributed by atoms with Gasteiger partial charge in [0.15, 0.2) is 0 Å². The molecule has 0 N–H and O–H groups in total. The van der Waals surface area contributed by atoms with E-state index in [9.17, 15) is 4.39 Å². The molecule has 1 aromatic heterocycles. The average Bonchev–Trinajstić information content (AvgIpc) is 3.32. The summed E-state index contributed by atoms with van der Waals surface area (Å²) >= 11 is 6.50. The Bertz CT molecular complexity index is 1030. The van der Waals surface area contributed by atoms with Crippen molar-refractivity contribution in [3.05, 3.63) is 70.8 Å². The van der Waals surface area contributed by atoms with E-state index in [1.807, 2.05) is 30.3 Å². The first-order valence-electron chi connectivity index (χ1n) is 11.5. The van der Waals surface area contributed by atoms with Crippen LogP contribution in [0.4, 0.5) is 4.39 Å². The quantitative estimate of drug-likeness (QED) is 0.504. The van der Waals surface area contributed by atoms with Gasteiger partial charge in [0.05, 0.1) is 0 Å². The fourth-order valence-corrected chi connectivity index (χ4v) is 5.33. The Labute approximate surface area is 193 Å². The lowest BCUT2D eigenvalue weighted by Crippen LogP contribution is -2.51. The van der Waals surface area contributed by atoms with Crippen molar-refractivity contribution in [3.8, 4) is 11.5 Å². The minimum atomic E-state index is -0.352. The third-order valence-electron chi connectivity index (χ3n) is 6.76. The molecule has 0 spiro atoms. The number of hydrogen-bond donors (Lipinski definition) is 0. The first kappa shape index (κ1) is 21.6. The molecule has 0 radical (unpaired) electrons. The zero-order valence-corrected chi connectivity index (χ0v) is 18.8. The Kier molecular flexibility index (Phi) is 6.53. The van der Waals surface area contributed by atoms with Gasteiger partial charge in [0.25, 0.3) is 0 Å². The average molecular weight is 455 g/mol. The van der Waals surface area contributed by atoms with Gasteiger partial charge in [-0.2, -0.15) is 0 Å². The van der Waals surface area contributed by atoms with Crippen LogP contribution in [0.3, 0.4) is 0 Å². The molecule has 32 heavy (non-hydrogen) atoms. The van der Waals surface area contributed by atoms with Crippen molar-refractivity contribution in [2.24, 2.45) is 0 Å². The van der Waals surface area contributed by atoms with Crippen LogP contribution in [0.25, 0.3) is 11.5 Å². The van der Waals surface area contributed by atoms with Gasteiger partial charge >= 0.3 is 0 Å². The zero-order chi connectivity index (χ0) is 21.9. The second-order valence-electron chi connectivity index (χ2n) is 8.74. The highest BCUT2D eigenvalue weighted by molar-refractivity contribution is 6.31. The SMILES string of the molecule is Fc1ccc([C@H](c2nnc(-c3ccccc3)o2)N2CCN(C3CCCCC3)CC2)c(Cl)c1. The highest BCUT2D eigenvalue weighted by atomic mass is 35.5. The lowest BCUT2D eigenvalue weighted by Gasteiger charge is -2.42. The summed E-state index contributed by atoms with van der Waals surface area (Å²) in [7, 11) is 0. The zero-order valence-electron chi connectivity index (χ0n) is 18.1. The van der Waals surface area contributed by atoms with Crippen LogP contribution in [0.2, 0.25) is 5.02 Å². The Morgan fingerprint density at radius 2 is 1.69 bits per heavy atom. The van der Waals surface area contributed by atoms with Crippen molar-refractivity contribution in [2.45, 2.75) is 44.2 Å². The van der Waals surface area contributed by atoms with Gasteiger partial charge < -0.3 is 4.42 Å². The summed E-state index contributed by atoms with van der Waals surface area (Å²) < 4.78 is 19.9. The standard InChI is InChI=1S/C25H28ClFN4O/c26-22-17-19(27)11-12-21(22)23(25-29-28-24(32-25)18-7-3-1-4-8-18)31-15-13-30(14-16-31)20-9-5-2-6-10-20/h1,3-4,7-8,11-12,17,20,23H,2,5-6,9-10,13-16H2/t23-/m1/s1. The van der Waals surface area contributed by atoms with Crippen molar-refractivity contribution in [2.75, 3.05) is 26.2 Å². The maximum Gasteiger partial charge on any atom is 0.247 e. The van der Waals surface area contributed by atoms with Crippen LogP contribution in [0, 0.1) is 5.82 Å². The molecule has 2 aromatic carbocycles. The number of nitrogens with zero attached hydrogens (tertiary/aromatic N) is 4.